The smallest absolute Gasteiger partial charge is 0.255 e. The Morgan fingerprint density at radius 2 is 1.84 bits per heavy atom. The van der Waals surface area contributed by atoms with Crippen LogP contribution in [0.2, 0.25) is 0 Å². The van der Waals surface area contributed by atoms with Crippen molar-refractivity contribution in [3.8, 4) is 0 Å². The van der Waals surface area contributed by atoms with Crippen LogP contribution in [0.3, 0.4) is 0 Å². The van der Waals surface area contributed by atoms with Crippen molar-refractivity contribution in [3.05, 3.63) is 34.6 Å². The Morgan fingerprint density at radius 3 is 2.50 bits per heavy atom. The van der Waals surface area contributed by atoms with Gasteiger partial charge in [0, 0.05) is 37.5 Å². The summed E-state index contributed by atoms with van der Waals surface area (Å²) in [6, 6.07) is 2.15. The first kappa shape index (κ1) is 23.1. The van der Waals surface area contributed by atoms with E-state index in [2.05, 4.69) is 5.32 Å². The highest BCUT2D eigenvalue weighted by atomic mass is 35.5. The van der Waals surface area contributed by atoms with Crippen LogP contribution in [0.25, 0.3) is 0 Å². The maximum atomic E-state index is 15.0. The Labute approximate surface area is 191 Å². The van der Waals surface area contributed by atoms with Crippen LogP contribution in [0, 0.1) is 5.82 Å². The zero-order valence-electron chi connectivity index (χ0n) is 17.5. The summed E-state index contributed by atoms with van der Waals surface area (Å²) in [7, 11) is -3.36. The minimum absolute atomic E-state index is 0.00661. The number of alkyl halides is 1. The van der Waals surface area contributed by atoms with Gasteiger partial charge in [0.2, 0.25) is 21.8 Å². The number of halogens is 2. The third kappa shape index (κ3) is 4.40. The van der Waals surface area contributed by atoms with E-state index in [1.807, 2.05) is 0 Å². The average molecular weight is 486 g/mol. The van der Waals surface area contributed by atoms with Gasteiger partial charge in [-0.2, -0.15) is 0 Å². The number of imide groups is 1. The molecule has 3 aliphatic rings. The third-order valence-corrected chi connectivity index (χ3v) is 8.69. The van der Waals surface area contributed by atoms with Gasteiger partial charge >= 0.3 is 0 Å². The topological polar surface area (TPSA) is 104 Å². The summed E-state index contributed by atoms with van der Waals surface area (Å²) in [5, 5.41) is 2.25. The van der Waals surface area contributed by atoms with Gasteiger partial charge in [-0.05, 0) is 48.8 Å². The van der Waals surface area contributed by atoms with Crippen molar-refractivity contribution < 1.29 is 27.2 Å². The molecule has 0 radical (unpaired) electrons. The average Bonchev–Trinajstić information content (AvgIpc) is 3.07. The number of nitrogens with zero attached hydrogens (tertiary/aromatic N) is 2. The van der Waals surface area contributed by atoms with E-state index >= 15 is 0 Å². The first-order valence-corrected chi connectivity index (χ1v) is 12.9. The predicted molar refractivity (Wildman–Crippen MR) is 115 cm³/mol. The second kappa shape index (κ2) is 9.07. The molecule has 1 unspecified atom stereocenters. The minimum atomic E-state index is -3.36. The van der Waals surface area contributed by atoms with Crippen LogP contribution in [0.5, 0.6) is 0 Å². The number of carbonyl (C=O) groups excluding carboxylic acids is 3. The van der Waals surface area contributed by atoms with Gasteiger partial charge in [-0.25, -0.2) is 17.1 Å². The first-order chi connectivity index (χ1) is 15.2. The fourth-order valence-electron chi connectivity index (χ4n) is 4.73. The van der Waals surface area contributed by atoms with E-state index in [1.54, 1.807) is 6.07 Å². The fraction of sp³-hybridized carbons (Fsp3) is 0.571. The lowest BCUT2D eigenvalue weighted by Gasteiger charge is -2.31. The molecule has 8 nitrogen and oxygen atoms in total. The minimum Gasteiger partial charge on any atom is -0.322 e. The lowest BCUT2D eigenvalue weighted by Crippen LogP contribution is -2.52. The van der Waals surface area contributed by atoms with E-state index in [-0.39, 0.29) is 48.4 Å². The molecular weight excluding hydrogens is 461 g/mol. The van der Waals surface area contributed by atoms with Crippen LogP contribution >= 0.6 is 11.6 Å². The van der Waals surface area contributed by atoms with Crippen molar-refractivity contribution >= 4 is 39.3 Å². The molecule has 1 aromatic rings. The molecule has 1 atom stereocenters. The van der Waals surface area contributed by atoms with Crippen molar-refractivity contribution in [1.82, 2.24) is 14.5 Å². The molecule has 4 rings (SSSR count). The molecular formula is C21H25ClFN3O5S. The van der Waals surface area contributed by atoms with Gasteiger partial charge in [0.1, 0.15) is 11.9 Å². The summed E-state index contributed by atoms with van der Waals surface area (Å²) in [5.41, 5.74) is 1.35. The highest BCUT2D eigenvalue weighted by Gasteiger charge is 2.40. The Kier molecular flexibility index (Phi) is 6.56. The lowest BCUT2D eigenvalue weighted by atomic mass is 9.88. The molecule has 174 valence electrons. The summed E-state index contributed by atoms with van der Waals surface area (Å²) < 4.78 is 41.1. The molecule has 1 aromatic carbocycles. The number of amides is 3. The van der Waals surface area contributed by atoms with Crippen molar-refractivity contribution in [2.45, 2.75) is 50.6 Å². The molecule has 0 aliphatic carbocycles. The van der Waals surface area contributed by atoms with E-state index in [1.165, 1.54) is 15.3 Å². The van der Waals surface area contributed by atoms with Crippen LogP contribution in [-0.2, 0) is 26.2 Å². The summed E-state index contributed by atoms with van der Waals surface area (Å²) in [6.07, 6.45) is 1.76. The number of carbonyl (C=O) groups is 3. The molecule has 0 bridgehead atoms. The van der Waals surface area contributed by atoms with Gasteiger partial charge < -0.3 is 4.90 Å². The molecule has 2 saturated heterocycles. The highest BCUT2D eigenvalue weighted by Crippen LogP contribution is 2.36. The number of hydrogen-bond acceptors (Lipinski definition) is 5. The number of sulfonamides is 1. The van der Waals surface area contributed by atoms with Crippen LogP contribution in [0.4, 0.5) is 4.39 Å². The maximum absolute atomic E-state index is 15.0. The van der Waals surface area contributed by atoms with E-state index in [9.17, 15) is 27.2 Å². The number of nitrogens with one attached hydrogen (secondary N) is 1. The SMILES string of the molecule is O=C1CCC(N2Cc3cc(C4CCN(S(=O)(=O)CCCCl)CC4)c(F)cc3C2=O)C(=O)N1. The van der Waals surface area contributed by atoms with Crippen molar-refractivity contribution in [3.63, 3.8) is 0 Å². The van der Waals surface area contributed by atoms with Gasteiger partial charge in [0.15, 0.2) is 0 Å². The number of rotatable bonds is 6. The second-order valence-corrected chi connectivity index (χ2v) is 10.9. The number of fused-ring (bicyclic) bond motifs is 1. The highest BCUT2D eigenvalue weighted by molar-refractivity contribution is 7.89. The second-order valence-electron chi connectivity index (χ2n) is 8.46. The van der Waals surface area contributed by atoms with Crippen molar-refractivity contribution in [1.29, 1.82) is 0 Å². The molecule has 0 saturated carbocycles. The van der Waals surface area contributed by atoms with Crippen molar-refractivity contribution in [2.75, 3.05) is 24.7 Å². The first-order valence-electron chi connectivity index (χ1n) is 10.7. The summed E-state index contributed by atoms with van der Waals surface area (Å²) in [6.45, 7) is 0.805. The quantitative estimate of drug-likeness (QED) is 0.488. The molecule has 11 heteroatoms. The summed E-state index contributed by atoms with van der Waals surface area (Å²) in [4.78, 5) is 37.8. The zero-order chi connectivity index (χ0) is 23.0. The third-order valence-electron chi connectivity index (χ3n) is 6.46. The number of piperidine rings is 2. The molecule has 3 aliphatic heterocycles. The van der Waals surface area contributed by atoms with Crippen molar-refractivity contribution in [2.24, 2.45) is 0 Å². The van der Waals surface area contributed by atoms with Crippen LogP contribution in [0.15, 0.2) is 12.1 Å². The Hall–Kier alpha value is -2.04. The van der Waals surface area contributed by atoms with Crippen LogP contribution in [0.1, 0.15) is 59.5 Å². The Bertz CT molecular complexity index is 1060. The Balaban J connectivity index is 1.47. The van der Waals surface area contributed by atoms with E-state index in [0.717, 1.165) is 0 Å². The van der Waals surface area contributed by atoms with Gasteiger partial charge in [0.05, 0.1) is 5.75 Å². The molecule has 3 amide bonds. The van der Waals surface area contributed by atoms with Crippen LogP contribution in [-0.4, -0.2) is 66.1 Å². The fourth-order valence-corrected chi connectivity index (χ4v) is 6.56. The largest absolute Gasteiger partial charge is 0.322 e. The predicted octanol–water partition coefficient (Wildman–Crippen LogP) is 1.72. The zero-order valence-corrected chi connectivity index (χ0v) is 19.1. The monoisotopic (exact) mass is 485 g/mol. The number of benzene rings is 1. The molecule has 3 heterocycles. The standard InChI is InChI=1S/C21H25ClFN3O5S/c22-6-1-9-32(30,31)25-7-4-13(5-8-25)15-10-14-12-26(21(29)16(14)11-17(15)23)18-2-3-19(27)24-20(18)28/h10-11,13,18H,1-9,12H2,(H,24,27,28). The normalized spacial score (nSPS) is 22.9. The van der Waals surface area contributed by atoms with Gasteiger partial charge in [-0.3, -0.25) is 19.7 Å². The summed E-state index contributed by atoms with van der Waals surface area (Å²) >= 11 is 5.61. The van der Waals surface area contributed by atoms with E-state index in [0.29, 0.717) is 43.5 Å². The van der Waals surface area contributed by atoms with E-state index in [4.69, 9.17) is 11.6 Å². The maximum Gasteiger partial charge on any atom is 0.255 e. The van der Waals surface area contributed by atoms with Gasteiger partial charge in [0.25, 0.3) is 5.91 Å². The molecule has 1 N–H and O–H groups in total. The lowest BCUT2D eigenvalue weighted by molar-refractivity contribution is -0.136. The molecule has 0 aromatic heterocycles. The number of hydrogen-bond donors (Lipinski definition) is 1. The van der Waals surface area contributed by atoms with Gasteiger partial charge in [-0.1, -0.05) is 6.07 Å². The van der Waals surface area contributed by atoms with E-state index < -0.39 is 33.7 Å². The molecule has 2 fully saturated rings. The summed E-state index contributed by atoms with van der Waals surface area (Å²) in [5.74, 6) is -1.65. The van der Waals surface area contributed by atoms with Crippen LogP contribution < -0.4 is 5.32 Å². The molecule has 0 spiro atoms. The molecule has 32 heavy (non-hydrogen) atoms. The van der Waals surface area contributed by atoms with Gasteiger partial charge in [-0.15, -0.1) is 11.6 Å². The Morgan fingerprint density at radius 1 is 1.12 bits per heavy atom.